The van der Waals surface area contributed by atoms with Gasteiger partial charge in [0.15, 0.2) is 0 Å². The molecule has 0 aliphatic heterocycles. The molecule has 0 atom stereocenters. The SMILES string of the molecule is O=C(O)c1cc2cc3ccc4ccccc4c3cc2cc1C(=O)O. The monoisotopic (exact) mass is 316 g/mol. The minimum Gasteiger partial charge on any atom is -0.478 e. The van der Waals surface area contributed by atoms with Crippen molar-refractivity contribution in [3.8, 4) is 0 Å². The van der Waals surface area contributed by atoms with Gasteiger partial charge in [0.2, 0.25) is 0 Å². The molecule has 4 rings (SSSR count). The van der Waals surface area contributed by atoms with Crippen LogP contribution in [0.25, 0.3) is 32.3 Å². The van der Waals surface area contributed by atoms with E-state index in [2.05, 4.69) is 0 Å². The molecule has 0 saturated heterocycles. The summed E-state index contributed by atoms with van der Waals surface area (Å²) >= 11 is 0. The molecule has 0 aliphatic rings. The lowest BCUT2D eigenvalue weighted by molar-refractivity contribution is 0.0652. The van der Waals surface area contributed by atoms with Crippen LogP contribution >= 0.6 is 0 Å². The lowest BCUT2D eigenvalue weighted by Gasteiger charge is -2.09. The Morgan fingerprint density at radius 2 is 1.17 bits per heavy atom. The van der Waals surface area contributed by atoms with E-state index >= 15 is 0 Å². The maximum Gasteiger partial charge on any atom is 0.336 e. The molecule has 0 saturated carbocycles. The van der Waals surface area contributed by atoms with Crippen LogP contribution in [0.4, 0.5) is 0 Å². The molecule has 4 aromatic rings. The fourth-order valence-electron chi connectivity index (χ4n) is 3.16. The van der Waals surface area contributed by atoms with Crippen molar-refractivity contribution in [3.63, 3.8) is 0 Å². The average Bonchev–Trinajstić information content (AvgIpc) is 2.58. The highest BCUT2D eigenvalue weighted by Gasteiger charge is 2.17. The van der Waals surface area contributed by atoms with Gasteiger partial charge < -0.3 is 10.2 Å². The number of carbonyl (C=O) groups is 2. The highest BCUT2D eigenvalue weighted by atomic mass is 16.4. The highest BCUT2D eigenvalue weighted by Crippen LogP contribution is 2.31. The van der Waals surface area contributed by atoms with E-state index in [0.29, 0.717) is 10.8 Å². The Balaban J connectivity index is 2.14. The highest BCUT2D eigenvalue weighted by molar-refractivity contribution is 6.14. The third-order valence-electron chi connectivity index (χ3n) is 4.30. The third-order valence-corrected chi connectivity index (χ3v) is 4.30. The predicted octanol–water partition coefficient (Wildman–Crippen LogP) is 4.54. The largest absolute Gasteiger partial charge is 0.478 e. The first-order valence-corrected chi connectivity index (χ1v) is 7.40. The van der Waals surface area contributed by atoms with E-state index in [4.69, 9.17) is 0 Å². The molecule has 0 spiro atoms. The molecule has 0 aliphatic carbocycles. The minimum absolute atomic E-state index is 0.199. The zero-order valence-electron chi connectivity index (χ0n) is 12.5. The van der Waals surface area contributed by atoms with Gasteiger partial charge in [-0.15, -0.1) is 0 Å². The zero-order valence-corrected chi connectivity index (χ0v) is 12.5. The number of hydrogen-bond donors (Lipinski definition) is 2. The lowest BCUT2D eigenvalue weighted by Crippen LogP contribution is -2.07. The summed E-state index contributed by atoms with van der Waals surface area (Å²) in [5.41, 5.74) is -0.398. The molecule has 24 heavy (non-hydrogen) atoms. The van der Waals surface area contributed by atoms with Gasteiger partial charge >= 0.3 is 11.9 Å². The van der Waals surface area contributed by atoms with Gasteiger partial charge in [-0.05, 0) is 56.6 Å². The maximum atomic E-state index is 11.4. The van der Waals surface area contributed by atoms with Crippen LogP contribution in [0.5, 0.6) is 0 Å². The average molecular weight is 316 g/mol. The number of rotatable bonds is 2. The number of carboxylic acids is 2. The van der Waals surface area contributed by atoms with Gasteiger partial charge in [0.05, 0.1) is 11.1 Å². The van der Waals surface area contributed by atoms with Crippen molar-refractivity contribution in [1.82, 2.24) is 0 Å². The normalized spacial score (nSPS) is 11.2. The van der Waals surface area contributed by atoms with Crippen molar-refractivity contribution in [2.75, 3.05) is 0 Å². The molecule has 4 nitrogen and oxygen atoms in total. The van der Waals surface area contributed by atoms with Crippen molar-refractivity contribution in [2.45, 2.75) is 0 Å². The van der Waals surface area contributed by atoms with Crippen LogP contribution in [-0.4, -0.2) is 22.2 Å². The molecule has 4 heteroatoms. The predicted molar refractivity (Wildman–Crippen MR) is 92.9 cm³/mol. The molecule has 0 amide bonds. The van der Waals surface area contributed by atoms with Crippen molar-refractivity contribution >= 4 is 44.3 Å². The molecule has 0 fully saturated rings. The number of fused-ring (bicyclic) bond motifs is 4. The van der Waals surface area contributed by atoms with E-state index in [-0.39, 0.29) is 11.1 Å². The van der Waals surface area contributed by atoms with E-state index < -0.39 is 11.9 Å². The summed E-state index contributed by atoms with van der Waals surface area (Å²) in [6.45, 7) is 0. The van der Waals surface area contributed by atoms with Crippen LogP contribution in [0.2, 0.25) is 0 Å². The summed E-state index contributed by atoms with van der Waals surface area (Å²) in [6.07, 6.45) is 0. The summed E-state index contributed by atoms with van der Waals surface area (Å²) in [4.78, 5) is 22.7. The lowest BCUT2D eigenvalue weighted by atomic mass is 9.95. The van der Waals surface area contributed by atoms with E-state index in [0.717, 1.165) is 21.5 Å². The second-order valence-corrected chi connectivity index (χ2v) is 5.72. The van der Waals surface area contributed by atoms with Crippen molar-refractivity contribution in [2.24, 2.45) is 0 Å². The Kier molecular flexibility index (Phi) is 3.00. The molecule has 0 heterocycles. The number of carboxylic acid groups (broad SMARTS) is 2. The van der Waals surface area contributed by atoms with Gasteiger partial charge in [0.25, 0.3) is 0 Å². The summed E-state index contributed by atoms with van der Waals surface area (Å²) in [6, 6.07) is 18.7. The Hall–Kier alpha value is -3.40. The summed E-state index contributed by atoms with van der Waals surface area (Å²) in [5.74, 6) is -2.49. The van der Waals surface area contributed by atoms with Gasteiger partial charge in [0.1, 0.15) is 0 Å². The molecular formula is C20H12O4. The zero-order chi connectivity index (χ0) is 16.8. The van der Waals surface area contributed by atoms with Gasteiger partial charge in [-0.2, -0.15) is 0 Å². The number of benzene rings is 4. The second-order valence-electron chi connectivity index (χ2n) is 5.72. The minimum atomic E-state index is -1.24. The number of hydrogen-bond acceptors (Lipinski definition) is 2. The third kappa shape index (κ3) is 2.08. The molecule has 0 radical (unpaired) electrons. The summed E-state index contributed by atoms with van der Waals surface area (Å²) < 4.78 is 0. The molecule has 4 aromatic carbocycles. The van der Waals surface area contributed by atoms with Crippen LogP contribution in [0.3, 0.4) is 0 Å². The van der Waals surface area contributed by atoms with E-state index in [1.165, 1.54) is 12.1 Å². The molecule has 116 valence electrons. The second kappa shape index (κ2) is 5.06. The molecular weight excluding hydrogens is 304 g/mol. The van der Waals surface area contributed by atoms with Crippen molar-refractivity contribution in [1.29, 1.82) is 0 Å². The quantitative estimate of drug-likeness (QED) is 0.420. The topological polar surface area (TPSA) is 74.6 Å². The first-order chi connectivity index (χ1) is 11.5. The fourth-order valence-corrected chi connectivity index (χ4v) is 3.16. The fraction of sp³-hybridized carbons (Fsp3) is 0. The maximum absolute atomic E-state index is 11.4. The van der Waals surface area contributed by atoms with E-state index in [9.17, 15) is 19.8 Å². The van der Waals surface area contributed by atoms with Gasteiger partial charge in [-0.1, -0.05) is 36.4 Å². The van der Waals surface area contributed by atoms with Gasteiger partial charge in [-0.3, -0.25) is 0 Å². The van der Waals surface area contributed by atoms with Crippen molar-refractivity contribution < 1.29 is 19.8 Å². The van der Waals surface area contributed by atoms with Gasteiger partial charge in [-0.25, -0.2) is 9.59 Å². The first-order valence-electron chi connectivity index (χ1n) is 7.40. The Morgan fingerprint density at radius 1 is 0.583 bits per heavy atom. The molecule has 0 unspecified atom stereocenters. The smallest absolute Gasteiger partial charge is 0.336 e. The molecule has 0 bridgehead atoms. The molecule has 2 N–H and O–H groups in total. The number of aromatic carboxylic acids is 2. The Morgan fingerprint density at radius 3 is 1.83 bits per heavy atom. The first kappa shape index (κ1) is 14.2. The standard InChI is InChI=1S/C20H12O4/c21-19(22)17-9-13-7-12-6-5-11-3-1-2-4-15(11)16(12)8-14(13)10-18(17)20(23)24/h1-10H,(H,21,22)(H,23,24). The van der Waals surface area contributed by atoms with E-state index in [1.54, 1.807) is 0 Å². The summed E-state index contributed by atoms with van der Waals surface area (Å²) in [5, 5.41) is 24.2. The van der Waals surface area contributed by atoms with Crippen LogP contribution in [0.1, 0.15) is 20.7 Å². The Bertz CT molecular complexity index is 1160. The van der Waals surface area contributed by atoms with Crippen LogP contribution in [0, 0.1) is 0 Å². The van der Waals surface area contributed by atoms with E-state index in [1.807, 2.05) is 48.5 Å². The van der Waals surface area contributed by atoms with Crippen LogP contribution in [0.15, 0.2) is 60.7 Å². The van der Waals surface area contributed by atoms with Crippen LogP contribution < -0.4 is 0 Å². The molecule has 0 aromatic heterocycles. The Labute approximate surface area is 136 Å². The van der Waals surface area contributed by atoms with Crippen molar-refractivity contribution in [3.05, 3.63) is 71.8 Å². The van der Waals surface area contributed by atoms with Crippen LogP contribution in [-0.2, 0) is 0 Å². The van der Waals surface area contributed by atoms with Gasteiger partial charge in [0, 0.05) is 0 Å². The summed E-state index contributed by atoms with van der Waals surface area (Å²) in [7, 11) is 0.